The van der Waals surface area contributed by atoms with E-state index >= 15 is 0 Å². The predicted octanol–water partition coefficient (Wildman–Crippen LogP) is 2.31. The van der Waals surface area contributed by atoms with Gasteiger partial charge in [0.15, 0.2) is 0 Å². The average Bonchev–Trinajstić information content (AvgIpc) is 2.71. The van der Waals surface area contributed by atoms with Crippen molar-refractivity contribution in [3.63, 3.8) is 0 Å². The lowest BCUT2D eigenvalue weighted by atomic mass is 10.1. The lowest BCUT2D eigenvalue weighted by Gasteiger charge is -2.19. The van der Waals surface area contributed by atoms with E-state index in [-0.39, 0.29) is 6.04 Å². The van der Waals surface area contributed by atoms with Crippen molar-refractivity contribution in [1.29, 1.82) is 0 Å². The van der Waals surface area contributed by atoms with Crippen molar-refractivity contribution in [2.24, 2.45) is 5.73 Å². The first-order valence-electron chi connectivity index (χ1n) is 5.38. The van der Waals surface area contributed by atoms with E-state index in [0.717, 1.165) is 0 Å². The summed E-state index contributed by atoms with van der Waals surface area (Å²) in [6, 6.07) is 8.74. The number of hydrogen-bond donors (Lipinski definition) is 1. The van der Waals surface area contributed by atoms with Crippen LogP contribution in [-0.2, 0) is 0 Å². The Morgan fingerprint density at radius 3 is 2.64 bits per heavy atom. The molecule has 0 saturated carbocycles. The molecule has 0 spiro atoms. The molecule has 14 heavy (non-hydrogen) atoms. The Balaban J connectivity index is 2.21. The van der Waals surface area contributed by atoms with E-state index in [1.165, 1.54) is 37.2 Å². The van der Waals surface area contributed by atoms with Crippen molar-refractivity contribution in [3.8, 4) is 0 Å². The van der Waals surface area contributed by atoms with Gasteiger partial charge in [0.25, 0.3) is 0 Å². The summed E-state index contributed by atoms with van der Waals surface area (Å²) in [5, 5.41) is 0. The second-order valence-electron chi connectivity index (χ2n) is 4.08. The fraction of sp³-hybridized carbons (Fsp3) is 0.500. The van der Waals surface area contributed by atoms with Crippen LogP contribution in [-0.4, -0.2) is 13.1 Å². The van der Waals surface area contributed by atoms with E-state index in [9.17, 15) is 0 Å². The summed E-state index contributed by atoms with van der Waals surface area (Å²) >= 11 is 0. The SMILES string of the molecule is CC(N)c1cccc(N2CCCC2)c1. The van der Waals surface area contributed by atoms with E-state index in [2.05, 4.69) is 29.2 Å². The Kier molecular flexibility index (Phi) is 2.73. The maximum atomic E-state index is 5.86. The van der Waals surface area contributed by atoms with Crippen LogP contribution in [0.4, 0.5) is 5.69 Å². The summed E-state index contributed by atoms with van der Waals surface area (Å²) in [7, 11) is 0. The molecule has 2 N–H and O–H groups in total. The Morgan fingerprint density at radius 2 is 2.00 bits per heavy atom. The lowest BCUT2D eigenvalue weighted by Crippen LogP contribution is -2.18. The van der Waals surface area contributed by atoms with Gasteiger partial charge in [-0.3, -0.25) is 0 Å². The Bertz CT molecular complexity index is 301. The zero-order chi connectivity index (χ0) is 9.97. The van der Waals surface area contributed by atoms with Crippen LogP contribution >= 0.6 is 0 Å². The minimum atomic E-state index is 0.137. The molecule has 2 nitrogen and oxygen atoms in total. The van der Waals surface area contributed by atoms with Gasteiger partial charge in [-0.1, -0.05) is 12.1 Å². The second-order valence-corrected chi connectivity index (χ2v) is 4.08. The van der Waals surface area contributed by atoms with Crippen LogP contribution in [0.3, 0.4) is 0 Å². The number of rotatable bonds is 2. The monoisotopic (exact) mass is 190 g/mol. The van der Waals surface area contributed by atoms with Crippen LogP contribution in [0.1, 0.15) is 31.4 Å². The second kappa shape index (κ2) is 4.01. The minimum Gasteiger partial charge on any atom is -0.372 e. The van der Waals surface area contributed by atoms with Crippen molar-refractivity contribution >= 4 is 5.69 Å². The maximum absolute atomic E-state index is 5.86. The van der Waals surface area contributed by atoms with E-state index in [4.69, 9.17) is 5.73 Å². The largest absolute Gasteiger partial charge is 0.372 e. The van der Waals surface area contributed by atoms with Crippen molar-refractivity contribution in [1.82, 2.24) is 0 Å². The van der Waals surface area contributed by atoms with Gasteiger partial charge in [-0.25, -0.2) is 0 Å². The molecule has 1 heterocycles. The quantitative estimate of drug-likeness (QED) is 0.775. The summed E-state index contributed by atoms with van der Waals surface area (Å²) in [6.07, 6.45) is 2.64. The molecule has 1 aliphatic rings. The molecule has 1 aromatic carbocycles. The molecule has 1 atom stereocenters. The first kappa shape index (κ1) is 9.53. The molecule has 2 rings (SSSR count). The van der Waals surface area contributed by atoms with Crippen LogP contribution in [0.2, 0.25) is 0 Å². The summed E-state index contributed by atoms with van der Waals surface area (Å²) in [6.45, 7) is 4.42. The molecular weight excluding hydrogens is 172 g/mol. The predicted molar refractivity (Wildman–Crippen MR) is 60.5 cm³/mol. The van der Waals surface area contributed by atoms with E-state index in [1.807, 2.05) is 6.92 Å². The van der Waals surface area contributed by atoms with E-state index < -0.39 is 0 Å². The zero-order valence-corrected chi connectivity index (χ0v) is 8.74. The van der Waals surface area contributed by atoms with Gasteiger partial charge in [-0.15, -0.1) is 0 Å². The molecule has 0 amide bonds. The van der Waals surface area contributed by atoms with Gasteiger partial charge in [0.2, 0.25) is 0 Å². The van der Waals surface area contributed by atoms with Crippen LogP contribution in [0.5, 0.6) is 0 Å². The van der Waals surface area contributed by atoms with Crippen molar-refractivity contribution in [3.05, 3.63) is 29.8 Å². The Labute approximate surface area is 85.7 Å². The molecule has 0 aliphatic carbocycles. The average molecular weight is 190 g/mol. The maximum Gasteiger partial charge on any atom is 0.0369 e. The van der Waals surface area contributed by atoms with Crippen LogP contribution in [0.25, 0.3) is 0 Å². The summed E-state index contributed by atoms with van der Waals surface area (Å²) in [5.74, 6) is 0. The molecule has 1 saturated heterocycles. The molecule has 2 heteroatoms. The lowest BCUT2D eigenvalue weighted by molar-refractivity contribution is 0.816. The van der Waals surface area contributed by atoms with Crippen LogP contribution in [0, 0.1) is 0 Å². The normalized spacial score (nSPS) is 18.6. The van der Waals surface area contributed by atoms with Gasteiger partial charge in [0.05, 0.1) is 0 Å². The van der Waals surface area contributed by atoms with Gasteiger partial charge in [-0.2, -0.15) is 0 Å². The van der Waals surface area contributed by atoms with Crippen molar-refractivity contribution < 1.29 is 0 Å². The van der Waals surface area contributed by atoms with Crippen LogP contribution < -0.4 is 10.6 Å². The topological polar surface area (TPSA) is 29.3 Å². The van der Waals surface area contributed by atoms with Gasteiger partial charge in [-0.05, 0) is 37.5 Å². The highest BCUT2D eigenvalue weighted by molar-refractivity contribution is 5.49. The van der Waals surface area contributed by atoms with Gasteiger partial charge in [0.1, 0.15) is 0 Å². The molecule has 0 radical (unpaired) electrons. The fourth-order valence-corrected chi connectivity index (χ4v) is 1.98. The molecule has 1 aromatic rings. The first-order chi connectivity index (χ1) is 6.77. The molecule has 1 aliphatic heterocycles. The third-order valence-electron chi connectivity index (χ3n) is 2.87. The zero-order valence-electron chi connectivity index (χ0n) is 8.74. The minimum absolute atomic E-state index is 0.137. The van der Waals surface area contributed by atoms with Gasteiger partial charge in [0, 0.05) is 24.8 Å². The smallest absolute Gasteiger partial charge is 0.0369 e. The molecule has 0 aromatic heterocycles. The van der Waals surface area contributed by atoms with Crippen LogP contribution in [0.15, 0.2) is 24.3 Å². The van der Waals surface area contributed by atoms with Gasteiger partial charge >= 0.3 is 0 Å². The summed E-state index contributed by atoms with van der Waals surface area (Å²) in [4.78, 5) is 2.44. The molecule has 76 valence electrons. The highest BCUT2D eigenvalue weighted by atomic mass is 15.1. The number of hydrogen-bond acceptors (Lipinski definition) is 2. The molecular formula is C12H18N2. The van der Waals surface area contributed by atoms with E-state index in [0.29, 0.717) is 0 Å². The third kappa shape index (κ3) is 1.90. The standard InChI is InChI=1S/C12H18N2/c1-10(13)11-5-4-6-12(9-11)14-7-2-3-8-14/h4-6,9-10H,2-3,7-8,13H2,1H3. The Morgan fingerprint density at radius 1 is 1.29 bits per heavy atom. The van der Waals surface area contributed by atoms with E-state index in [1.54, 1.807) is 0 Å². The highest BCUT2D eigenvalue weighted by Gasteiger charge is 2.12. The molecule has 1 unspecified atom stereocenters. The summed E-state index contributed by atoms with van der Waals surface area (Å²) < 4.78 is 0. The third-order valence-corrected chi connectivity index (χ3v) is 2.87. The van der Waals surface area contributed by atoms with Crippen molar-refractivity contribution in [2.75, 3.05) is 18.0 Å². The highest BCUT2D eigenvalue weighted by Crippen LogP contribution is 2.22. The number of anilines is 1. The number of nitrogens with zero attached hydrogens (tertiary/aromatic N) is 1. The molecule has 0 bridgehead atoms. The Hall–Kier alpha value is -1.02. The number of benzene rings is 1. The molecule has 1 fully saturated rings. The van der Waals surface area contributed by atoms with Gasteiger partial charge < -0.3 is 10.6 Å². The number of nitrogens with two attached hydrogens (primary N) is 1. The first-order valence-corrected chi connectivity index (χ1v) is 5.38. The van der Waals surface area contributed by atoms with Crippen molar-refractivity contribution in [2.45, 2.75) is 25.8 Å². The summed E-state index contributed by atoms with van der Waals surface area (Å²) in [5.41, 5.74) is 8.42. The fourth-order valence-electron chi connectivity index (χ4n) is 1.98.